The van der Waals surface area contributed by atoms with Crippen molar-refractivity contribution in [2.75, 3.05) is 31.1 Å². The van der Waals surface area contributed by atoms with Crippen molar-refractivity contribution in [2.24, 2.45) is 0 Å². The summed E-state index contributed by atoms with van der Waals surface area (Å²) in [6.07, 6.45) is 0. The number of piperazine rings is 1. The number of hydrogen-bond acceptors (Lipinski definition) is 3. The van der Waals surface area contributed by atoms with E-state index in [4.69, 9.17) is 0 Å². The number of nitrogens with one attached hydrogen (secondary N) is 2. The summed E-state index contributed by atoms with van der Waals surface area (Å²) < 4.78 is 1.07. The van der Waals surface area contributed by atoms with Crippen LogP contribution in [0.25, 0.3) is 0 Å². The van der Waals surface area contributed by atoms with Crippen LogP contribution >= 0.6 is 15.9 Å². The second-order valence-electron chi connectivity index (χ2n) is 4.75. The molecule has 0 aromatic heterocycles. The summed E-state index contributed by atoms with van der Waals surface area (Å²) >= 11 is 3.53. The molecular formula is C14H20BrN3O. The maximum atomic E-state index is 11.5. The van der Waals surface area contributed by atoms with E-state index >= 15 is 0 Å². The molecule has 1 aliphatic rings. The maximum absolute atomic E-state index is 11.5. The van der Waals surface area contributed by atoms with Crippen molar-refractivity contribution < 1.29 is 4.79 Å². The molecule has 4 nitrogen and oxygen atoms in total. The Bertz CT molecular complexity index is 464. The van der Waals surface area contributed by atoms with E-state index in [1.54, 1.807) is 0 Å². The van der Waals surface area contributed by atoms with Crippen molar-refractivity contribution in [3.63, 3.8) is 0 Å². The Labute approximate surface area is 122 Å². The van der Waals surface area contributed by atoms with Crippen molar-refractivity contribution in [3.05, 3.63) is 28.2 Å². The molecule has 1 amide bonds. The number of benzene rings is 1. The Morgan fingerprint density at radius 3 is 3.00 bits per heavy atom. The van der Waals surface area contributed by atoms with E-state index in [1.165, 1.54) is 5.56 Å². The van der Waals surface area contributed by atoms with Crippen LogP contribution in [-0.2, 0) is 4.79 Å². The smallest absolute Gasteiger partial charge is 0.239 e. The van der Waals surface area contributed by atoms with Crippen molar-refractivity contribution >= 4 is 27.5 Å². The zero-order chi connectivity index (χ0) is 13.8. The van der Waals surface area contributed by atoms with Crippen LogP contribution in [0.5, 0.6) is 0 Å². The number of carbonyl (C=O) groups excluding carboxylic acids is 1. The Morgan fingerprint density at radius 1 is 1.53 bits per heavy atom. The second kappa shape index (κ2) is 6.39. The average Bonchev–Trinajstić information content (AvgIpc) is 2.39. The third kappa shape index (κ3) is 3.48. The molecule has 1 unspecified atom stereocenters. The first-order valence-electron chi connectivity index (χ1n) is 6.66. The Hall–Kier alpha value is -1.07. The molecule has 2 rings (SSSR count). The van der Waals surface area contributed by atoms with Crippen LogP contribution in [0.1, 0.15) is 25.5 Å². The number of hydrogen-bond donors (Lipinski definition) is 2. The lowest BCUT2D eigenvalue weighted by molar-refractivity contribution is -0.120. The van der Waals surface area contributed by atoms with Crippen molar-refractivity contribution in [1.82, 2.24) is 10.6 Å². The molecule has 1 aliphatic heterocycles. The zero-order valence-electron chi connectivity index (χ0n) is 11.4. The molecule has 1 aromatic carbocycles. The van der Waals surface area contributed by atoms with E-state index in [2.05, 4.69) is 57.4 Å². The van der Waals surface area contributed by atoms with Crippen LogP contribution < -0.4 is 15.5 Å². The molecule has 1 atom stereocenters. The van der Waals surface area contributed by atoms with Gasteiger partial charge in [-0.2, -0.15) is 0 Å². The molecule has 1 aromatic rings. The molecule has 0 saturated carbocycles. The van der Waals surface area contributed by atoms with Crippen LogP contribution in [0.4, 0.5) is 5.69 Å². The topological polar surface area (TPSA) is 44.4 Å². The lowest BCUT2D eigenvalue weighted by Gasteiger charge is -2.32. The highest BCUT2D eigenvalue weighted by atomic mass is 79.9. The maximum Gasteiger partial charge on any atom is 0.239 e. The van der Waals surface area contributed by atoms with Gasteiger partial charge in [0.2, 0.25) is 5.91 Å². The fourth-order valence-corrected chi connectivity index (χ4v) is 2.80. The van der Waals surface area contributed by atoms with Gasteiger partial charge in [0.15, 0.2) is 0 Å². The third-order valence-electron chi connectivity index (χ3n) is 3.35. The number of carbonyl (C=O) groups is 1. The second-order valence-corrected chi connectivity index (χ2v) is 5.67. The first-order valence-corrected chi connectivity index (χ1v) is 7.45. The van der Waals surface area contributed by atoms with Gasteiger partial charge < -0.3 is 15.5 Å². The van der Waals surface area contributed by atoms with E-state index in [9.17, 15) is 4.79 Å². The predicted octanol–water partition coefficient (Wildman–Crippen LogP) is 2.06. The molecule has 0 aliphatic carbocycles. The number of rotatable bonds is 4. The zero-order valence-corrected chi connectivity index (χ0v) is 13.0. The minimum Gasteiger partial charge on any atom is -0.360 e. The Kier molecular flexibility index (Phi) is 4.82. The molecule has 2 N–H and O–H groups in total. The van der Waals surface area contributed by atoms with Crippen molar-refractivity contribution in [1.29, 1.82) is 0 Å². The van der Waals surface area contributed by atoms with E-state index in [0.29, 0.717) is 13.1 Å². The van der Waals surface area contributed by atoms with Gasteiger partial charge in [0, 0.05) is 29.3 Å². The van der Waals surface area contributed by atoms with Gasteiger partial charge in [-0.15, -0.1) is 0 Å². The number of anilines is 1. The molecule has 19 heavy (non-hydrogen) atoms. The minimum absolute atomic E-state index is 0.0937. The van der Waals surface area contributed by atoms with Crippen LogP contribution in [0.15, 0.2) is 22.7 Å². The van der Waals surface area contributed by atoms with Crippen molar-refractivity contribution in [3.8, 4) is 0 Å². The first-order chi connectivity index (χ1) is 9.11. The van der Waals surface area contributed by atoms with Crippen LogP contribution in [-0.4, -0.2) is 32.1 Å². The summed E-state index contributed by atoms with van der Waals surface area (Å²) in [5.74, 6) is 0.0937. The van der Waals surface area contributed by atoms with Crippen molar-refractivity contribution in [2.45, 2.75) is 19.9 Å². The lowest BCUT2D eigenvalue weighted by atomic mass is 10.0. The highest BCUT2D eigenvalue weighted by Crippen LogP contribution is 2.29. The largest absolute Gasteiger partial charge is 0.360 e. The van der Waals surface area contributed by atoms with Gasteiger partial charge in [-0.05, 0) is 37.2 Å². The first kappa shape index (κ1) is 14.3. The SMILES string of the molecule is CCNC(C)c1cc(Br)ccc1N1CCNC(=O)C1. The summed E-state index contributed by atoms with van der Waals surface area (Å²) in [7, 11) is 0. The van der Waals surface area contributed by atoms with E-state index in [-0.39, 0.29) is 11.9 Å². The Morgan fingerprint density at radius 2 is 2.32 bits per heavy atom. The van der Waals surface area contributed by atoms with Gasteiger partial charge >= 0.3 is 0 Å². The molecule has 5 heteroatoms. The normalized spacial score (nSPS) is 17.2. The summed E-state index contributed by atoms with van der Waals surface area (Å²) in [4.78, 5) is 13.7. The minimum atomic E-state index is 0.0937. The predicted molar refractivity (Wildman–Crippen MR) is 81.5 cm³/mol. The van der Waals surface area contributed by atoms with Gasteiger partial charge in [0.1, 0.15) is 0 Å². The summed E-state index contributed by atoms with van der Waals surface area (Å²) in [6, 6.07) is 6.52. The summed E-state index contributed by atoms with van der Waals surface area (Å²) in [5.41, 5.74) is 2.37. The molecular weight excluding hydrogens is 306 g/mol. The van der Waals surface area contributed by atoms with Crippen LogP contribution in [0.3, 0.4) is 0 Å². The molecule has 0 bridgehead atoms. The van der Waals surface area contributed by atoms with Gasteiger partial charge in [-0.3, -0.25) is 4.79 Å². The van der Waals surface area contributed by atoms with Gasteiger partial charge in [-0.1, -0.05) is 22.9 Å². The number of amides is 1. The van der Waals surface area contributed by atoms with Gasteiger partial charge in [0.05, 0.1) is 6.54 Å². The van der Waals surface area contributed by atoms with Crippen LogP contribution in [0.2, 0.25) is 0 Å². The average molecular weight is 326 g/mol. The Balaban J connectivity index is 2.30. The highest BCUT2D eigenvalue weighted by molar-refractivity contribution is 9.10. The number of nitrogens with zero attached hydrogens (tertiary/aromatic N) is 1. The van der Waals surface area contributed by atoms with E-state index in [1.807, 2.05) is 6.07 Å². The van der Waals surface area contributed by atoms with Gasteiger partial charge in [-0.25, -0.2) is 0 Å². The van der Waals surface area contributed by atoms with Gasteiger partial charge in [0.25, 0.3) is 0 Å². The van der Waals surface area contributed by atoms with E-state index < -0.39 is 0 Å². The summed E-state index contributed by atoms with van der Waals surface area (Å²) in [6.45, 7) is 7.19. The van der Waals surface area contributed by atoms with Crippen LogP contribution in [0, 0.1) is 0 Å². The molecule has 1 saturated heterocycles. The lowest BCUT2D eigenvalue weighted by Crippen LogP contribution is -2.48. The molecule has 104 valence electrons. The highest BCUT2D eigenvalue weighted by Gasteiger charge is 2.20. The third-order valence-corrected chi connectivity index (χ3v) is 3.84. The van der Waals surface area contributed by atoms with E-state index in [0.717, 1.165) is 23.2 Å². The molecule has 1 heterocycles. The number of halogens is 1. The molecule has 1 fully saturated rings. The summed E-state index contributed by atoms with van der Waals surface area (Å²) in [5, 5.41) is 6.29. The quantitative estimate of drug-likeness (QED) is 0.890. The standard InChI is InChI=1S/C14H20BrN3O/c1-3-16-10(2)12-8-11(15)4-5-13(12)18-7-6-17-14(19)9-18/h4-5,8,10,16H,3,6-7,9H2,1-2H3,(H,17,19). The molecule has 0 radical (unpaired) electrons. The fraction of sp³-hybridized carbons (Fsp3) is 0.500. The fourth-order valence-electron chi connectivity index (χ4n) is 2.42. The monoisotopic (exact) mass is 325 g/mol. The molecule has 0 spiro atoms.